The molecule has 0 atom stereocenters. The summed E-state index contributed by atoms with van der Waals surface area (Å²) in [5.74, 6) is 2.06. The van der Waals surface area contributed by atoms with E-state index in [4.69, 9.17) is 11.5 Å². The highest BCUT2D eigenvalue weighted by atomic mass is 35.5. The molecular weight excluding hydrogens is 176 g/mol. The van der Waals surface area contributed by atoms with Crippen LogP contribution < -0.4 is 23.9 Å². The van der Waals surface area contributed by atoms with Crippen LogP contribution in [-0.2, 0) is 0 Å². The van der Waals surface area contributed by atoms with E-state index >= 15 is 0 Å². The van der Waals surface area contributed by atoms with Crippen LogP contribution in [0.4, 0.5) is 0 Å². The first-order chi connectivity index (χ1) is 3.91. The molecule has 0 aliphatic heterocycles. The lowest BCUT2D eigenvalue weighted by molar-refractivity contribution is -0.00000176. The molecule has 4 N–H and O–H groups in total. The van der Waals surface area contributed by atoms with Crippen molar-refractivity contribution < 1.29 is 12.4 Å². The zero-order valence-corrected chi connectivity index (χ0v) is 7.57. The first-order valence-electron chi connectivity index (χ1n) is 2.56. The maximum Gasteiger partial charge on any atom is 0.0160 e. The molecule has 5 heteroatoms. The van der Waals surface area contributed by atoms with E-state index in [1.165, 1.54) is 0 Å². The van der Waals surface area contributed by atoms with E-state index in [0.29, 0.717) is 0 Å². The minimum atomic E-state index is 0. The summed E-state index contributed by atoms with van der Waals surface area (Å²) in [6.07, 6.45) is 0. The van der Waals surface area contributed by atoms with Crippen molar-refractivity contribution in [3.05, 3.63) is 0 Å². The van der Waals surface area contributed by atoms with E-state index in [0.717, 1.165) is 24.6 Å². The van der Waals surface area contributed by atoms with Gasteiger partial charge in [-0.2, -0.15) is 0 Å². The molecule has 0 aromatic heterocycles. The summed E-state index contributed by atoms with van der Waals surface area (Å²) in [5, 5.41) is 0. The third kappa shape index (κ3) is 12.2. The quantitative estimate of drug-likeness (QED) is 0.363. The van der Waals surface area contributed by atoms with Crippen LogP contribution in [0.1, 0.15) is 0 Å². The van der Waals surface area contributed by atoms with Gasteiger partial charge in [-0.25, -0.2) is 0 Å². The first-order valence-corrected chi connectivity index (χ1v) is 5.05. The van der Waals surface area contributed by atoms with Gasteiger partial charge in [0.05, 0.1) is 0 Å². The maximum absolute atomic E-state index is 5.25. The van der Waals surface area contributed by atoms with Crippen molar-refractivity contribution in [3.8, 4) is 0 Å². The fourth-order valence-electron chi connectivity index (χ4n) is 0.214. The van der Waals surface area contributed by atoms with Crippen LogP contribution >= 0.6 is 21.6 Å². The molecule has 0 radical (unpaired) electrons. The Morgan fingerprint density at radius 2 is 1.22 bits per heavy atom. The van der Waals surface area contributed by atoms with Crippen molar-refractivity contribution in [1.29, 1.82) is 0 Å². The summed E-state index contributed by atoms with van der Waals surface area (Å²) in [6.45, 7) is 1.53. The van der Waals surface area contributed by atoms with E-state index in [9.17, 15) is 0 Å². The smallest absolute Gasteiger partial charge is 0.0160 e. The van der Waals surface area contributed by atoms with Crippen molar-refractivity contribution in [3.63, 3.8) is 0 Å². The van der Waals surface area contributed by atoms with Crippen LogP contribution in [0.5, 0.6) is 0 Å². The molecular formula is C4H12ClN2S2-. The summed E-state index contributed by atoms with van der Waals surface area (Å²) in [4.78, 5) is 0. The van der Waals surface area contributed by atoms with Gasteiger partial charge in [-0.1, -0.05) is 21.6 Å². The number of nitrogens with two attached hydrogens (primary N) is 2. The molecule has 0 saturated carbocycles. The van der Waals surface area contributed by atoms with Gasteiger partial charge in [0.2, 0.25) is 0 Å². The third-order valence-corrected chi connectivity index (χ3v) is 2.96. The largest absolute Gasteiger partial charge is 1.00 e. The lowest BCUT2D eigenvalue weighted by atomic mass is 10.8. The topological polar surface area (TPSA) is 52.0 Å². The molecule has 2 nitrogen and oxygen atoms in total. The molecule has 0 spiro atoms. The molecule has 0 rings (SSSR count). The van der Waals surface area contributed by atoms with E-state index in [1.807, 2.05) is 0 Å². The minimum absolute atomic E-state index is 0. The van der Waals surface area contributed by atoms with Crippen LogP contribution in [0.2, 0.25) is 0 Å². The summed E-state index contributed by atoms with van der Waals surface area (Å²) in [6, 6.07) is 0. The molecule has 0 unspecified atom stereocenters. The number of hydrogen-bond donors (Lipinski definition) is 2. The lowest BCUT2D eigenvalue weighted by Crippen LogP contribution is -3.00. The van der Waals surface area contributed by atoms with Gasteiger partial charge in [-0.3, -0.25) is 0 Å². The van der Waals surface area contributed by atoms with E-state index < -0.39 is 0 Å². The normalized spacial score (nSPS) is 8.67. The zero-order valence-electron chi connectivity index (χ0n) is 5.18. The van der Waals surface area contributed by atoms with Gasteiger partial charge in [0.15, 0.2) is 0 Å². The molecule has 9 heavy (non-hydrogen) atoms. The highest BCUT2D eigenvalue weighted by Gasteiger charge is 1.84. The Morgan fingerprint density at radius 3 is 1.44 bits per heavy atom. The van der Waals surface area contributed by atoms with Crippen LogP contribution in [0.25, 0.3) is 0 Å². The van der Waals surface area contributed by atoms with Crippen molar-refractivity contribution in [2.45, 2.75) is 0 Å². The predicted molar refractivity (Wildman–Crippen MR) is 43.0 cm³/mol. The second-order valence-electron chi connectivity index (χ2n) is 1.22. The molecule has 0 aliphatic rings. The lowest BCUT2D eigenvalue weighted by Gasteiger charge is -1.93. The van der Waals surface area contributed by atoms with Gasteiger partial charge in [-0.15, -0.1) is 0 Å². The van der Waals surface area contributed by atoms with Crippen molar-refractivity contribution in [2.75, 3.05) is 24.6 Å². The van der Waals surface area contributed by atoms with E-state index in [-0.39, 0.29) is 12.4 Å². The van der Waals surface area contributed by atoms with Gasteiger partial charge in [0, 0.05) is 24.6 Å². The van der Waals surface area contributed by atoms with Gasteiger partial charge in [-0.05, 0) is 0 Å². The number of hydrogen-bond acceptors (Lipinski definition) is 4. The second-order valence-corrected chi connectivity index (χ2v) is 3.92. The van der Waals surface area contributed by atoms with Crippen LogP contribution in [-0.4, -0.2) is 24.6 Å². The molecule has 58 valence electrons. The molecule has 0 aliphatic carbocycles. The highest BCUT2D eigenvalue weighted by molar-refractivity contribution is 8.76. The number of halogens is 1. The molecule has 0 heterocycles. The van der Waals surface area contributed by atoms with Crippen LogP contribution in [0.15, 0.2) is 0 Å². The molecule has 0 amide bonds. The highest BCUT2D eigenvalue weighted by Crippen LogP contribution is 2.18. The average Bonchev–Trinajstić information content (AvgIpc) is 1.81. The number of rotatable bonds is 5. The average molecular weight is 188 g/mol. The Labute approximate surface area is 70.3 Å². The van der Waals surface area contributed by atoms with Gasteiger partial charge in [0.1, 0.15) is 0 Å². The van der Waals surface area contributed by atoms with Gasteiger partial charge in [0.25, 0.3) is 0 Å². The Morgan fingerprint density at radius 1 is 0.889 bits per heavy atom. The standard InChI is InChI=1S/C4H12N2S2.ClH/c5-1-3-7-8-4-2-6;/h1-6H2;1H/p-1. The van der Waals surface area contributed by atoms with E-state index in [1.54, 1.807) is 21.6 Å². The zero-order chi connectivity index (χ0) is 6.24. The first kappa shape index (κ1) is 12.6. The van der Waals surface area contributed by atoms with Gasteiger partial charge >= 0.3 is 0 Å². The van der Waals surface area contributed by atoms with E-state index in [2.05, 4.69) is 0 Å². The molecule has 0 saturated heterocycles. The van der Waals surface area contributed by atoms with Crippen LogP contribution in [0, 0.1) is 0 Å². The predicted octanol–water partition coefficient (Wildman–Crippen LogP) is -2.71. The van der Waals surface area contributed by atoms with Crippen molar-refractivity contribution >= 4 is 21.6 Å². The molecule has 0 aromatic rings. The van der Waals surface area contributed by atoms with Crippen molar-refractivity contribution in [1.82, 2.24) is 0 Å². The Bertz CT molecular complexity index is 41.5. The summed E-state index contributed by atoms with van der Waals surface area (Å²) < 4.78 is 0. The fraction of sp³-hybridized carbons (Fsp3) is 1.00. The summed E-state index contributed by atoms with van der Waals surface area (Å²) >= 11 is 0. The second kappa shape index (κ2) is 11.7. The Balaban J connectivity index is 0. The summed E-state index contributed by atoms with van der Waals surface area (Å²) in [7, 11) is 3.58. The SMILES string of the molecule is NCCSSCCN.[Cl-]. The minimum Gasteiger partial charge on any atom is -1.00 e. The molecule has 0 aromatic carbocycles. The maximum atomic E-state index is 5.25. The Kier molecular flexibility index (Phi) is 16.3. The fourth-order valence-corrected chi connectivity index (χ4v) is 1.93. The molecule has 0 bridgehead atoms. The monoisotopic (exact) mass is 187 g/mol. The summed E-state index contributed by atoms with van der Waals surface area (Å²) in [5.41, 5.74) is 10.5. The van der Waals surface area contributed by atoms with Gasteiger partial charge < -0.3 is 23.9 Å². The third-order valence-electron chi connectivity index (χ3n) is 0.486. The molecule has 0 fully saturated rings. The van der Waals surface area contributed by atoms with Crippen LogP contribution in [0.3, 0.4) is 0 Å². The Hall–Kier alpha value is 0.910. The van der Waals surface area contributed by atoms with Crippen molar-refractivity contribution in [2.24, 2.45) is 11.5 Å².